The molecule has 0 unspecified atom stereocenters. The van der Waals surface area contributed by atoms with Crippen molar-refractivity contribution in [3.05, 3.63) is 16.1 Å². The number of piperidine rings is 1. The molecule has 1 saturated heterocycles. The number of hydrogen-bond acceptors (Lipinski definition) is 4. The van der Waals surface area contributed by atoms with Crippen LogP contribution in [0.2, 0.25) is 0 Å². The predicted molar refractivity (Wildman–Crippen MR) is 82.9 cm³/mol. The van der Waals surface area contributed by atoms with Crippen LogP contribution in [0.25, 0.3) is 0 Å². The normalized spacial score (nSPS) is 18.0. The molecule has 0 amide bonds. The average Bonchev–Trinajstić information content (AvgIpc) is 2.88. The molecule has 3 nitrogen and oxygen atoms in total. The fraction of sp³-hybridized carbons (Fsp3) is 0.800. The van der Waals surface area contributed by atoms with E-state index in [1.54, 1.807) is 0 Å². The molecule has 4 heteroatoms. The van der Waals surface area contributed by atoms with Crippen LogP contribution in [0, 0.1) is 5.92 Å². The number of hydrogen-bond donors (Lipinski definition) is 1. The lowest BCUT2D eigenvalue weighted by Crippen LogP contribution is -2.33. The molecule has 2 rings (SSSR count). The number of nitrogens with zero attached hydrogens (tertiary/aromatic N) is 2. The van der Waals surface area contributed by atoms with Gasteiger partial charge in [-0.2, -0.15) is 0 Å². The molecular formula is C15H27N3S. The lowest BCUT2D eigenvalue weighted by atomic mass is 9.94. The maximum absolute atomic E-state index is 4.61. The monoisotopic (exact) mass is 281 g/mol. The first-order chi connectivity index (χ1) is 9.31. The summed E-state index contributed by atoms with van der Waals surface area (Å²) in [5.74, 6) is 0.860. The van der Waals surface area contributed by atoms with Crippen molar-refractivity contribution in [1.29, 1.82) is 0 Å². The summed E-state index contributed by atoms with van der Waals surface area (Å²) in [6, 6.07) is 0. The molecule has 0 spiro atoms. The molecule has 0 aliphatic carbocycles. The van der Waals surface area contributed by atoms with E-state index < -0.39 is 0 Å². The van der Waals surface area contributed by atoms with Crippen molar-refractivity contribution in [2.75, 3.05) is 33.2 Å². The van der Waals surface area contributed by atoms with E-state index in [1.165, 1.54) is 61.6 Å². The van der Waals surface area contributed by atoms with E-state index in [2.05, 4.69) is 28.3 Å². The summed E-state index contributed by atoms with van der Waals surface area (Å²) in [4.78, 5) is 8.62. The Morgan fingerprint density at radius 2 is 2.21 bits per heavy atom. The van der Waals surface area contributed by atoms with Crippen LogP contribution < -0.4 is 5.32 Å². The number of nitrogens with one attached hydrogen (secondary N) is 1. The second kappa shape index (κ2) is 7.98. The van der Waals surface area contributed by atoms with Gasteiger partial charge in [-0.3, -0.25) is 0 Å². The highest BCUT2D eigenvalue weighted by molar-refractivity contribution is 7.11. The van der Waals surface area contributed by atoms with Gasteiger partial charge in [0.1, 0.15) is 0 Å². The molecule has 0 aromatic carbocycles. The Kier molecular flexibility index (Phi) is 6.28. The molecule has 108 valence electrons. The SMILES string of the molecule is CCN1CCC(Cc2ncc(CCCNC)s2)CC1. The highest BCUT2D eigenvalue weighted by atomic mass is 32.1. The molecular weight excluding hydrogens is 254 g/mol. The van der Waals surface area contributed by atoms with Crippen molar-refractivity contribution in [3.63, 3.8) is 0 Å². The Labute approximate surface area is 121 Å². The summed E-state index contributed by atoms with van der Waals surface area (Å²) in [5.41, 5.74) is 0. The zero-order valence-electron chi connectivity index (χ0n) is 12.3. The second-order valence-corrected chi connectivity index (χ2v) is 6.71. The van der Waals surface area contributed by atoms with Crippen molar-refractivity contribution in [2.24, 2.45) is 5.92 Å². The van der Waals surface area contributed by atoms with Gasteiger partial charge >= 0.3 is 0 Å². The molecule has 19 heavy (non-hydrogen) atoms. The fourth-order valence-electron chi connectivity index (χ4n) is 2.75. The van der Waals surface area contributed by atoms with Gasteiger partial charge in [-0.25, -0.2) is 4.98 Å². The van der Waals surface area contributed by atoms with Crippen LogP contribution in [0.4, 0.5) is 0 Å². The van der Waals surface area contributed by atoms with Crippen molar-refractivity contribution < 1.29 is 0 Å². The minimum Gasteiger partial charge on any atom is -0.320 e. The Morgan fingerprint density at radius 1 is 1.42 bits per heavy atom. The predicted octanol–water partition coefficient (Wildman–Crippen LogP) is 2.57. The van der Waals surface area contributed by atoms with Crippen LogP contribution in [0.5, 0.6) is 0 Å². The summed E-state index contributed by atoms with van der Waals surface area (Å²) in [7, 11) is 2.01. The Balaban J connectivity index is 1.74. The van der Waals surface area contributed by atoms with Gasteiger partial charge in [0.05, 0.1) is 5.01 Å². The first kappa shape index (κ1) is 14.9. The van der Waals surface area contributed by atoms with Gasteiger partial charge in [-0.05, 0) is 64.8 Å². The zero-order chi connectivity index (χ0) is 13.5. The lowest BCUT2D eigenvalue weighted by molar-refractivity contribution is 0.192. The maximum Gasteiger partial charge on any atom is 0.0930 e. The summed E-state index contributed by atoms with van der Waals surface area (Å²) in [5, 5.41) is 4.56. The van der Waals surface area contributed by atoms with Gasteiger partial charge < -0.3 is 10.2 Å². The quantitative estimate of drug-likeness (QED) is 0.779. The van der Waals surface area contributed by atoms with E-state index >= 15 is 0 Å². The third-order valence-corrected chi connectivity index (χ3v) is 5.15. The lowest BCUT2D eigenvalue weighted by Gasteiger charge is -2.30. The molecule has 1 aliphatic heterocycles. The molecule has 0 saturated carbocycles. The molecule has 1 aliphatic rings. The van der Waals surface area contributed by atoms with Gasteiger partial charge in [0.15, 0.2) is 0 Å². The summed E-state index contributed by atoms with van der Waals surface area (Å²) < 4.78 is 0. The Hall–Kier alpha value is -0.450. The number of aryl methyl sites for hydroxylation is 1. The highest BCUT2D eigenvalue weighted by Gasteiger charge is 2.19. The van der Waals surface area contributed by atoms with Gasteiger partial charge in [0.25, 0.3) is 0 Å². The molecule has 0 radical (unpaired) electrons. The van der Waals surface area contributed by atoms with Crippen molar-refractivity contribution in [2.45, 2.75) is 39.0 Å². The first-order valence-electron chi connectivity index (χ1n) is 7.62. The molecule has 1 aromatic rings. The van der Waals surface area contributed by atoms with Gasteiger partial charge in [0, 0.05) is 17.5 Å². The molecule has 2 heterocycles. The van der Waals surface area contributed by atoms with Crippen LogP contribution >= 0.6 is 11.3 Å². The van der Waals surface area contributed by atoms with Gasteiger partial charge in [0.2, 0.25) is 0 Å². The molecule has 0 atom stereocenters. The average molecular weight is 281 g/mol. The van der Waals surface area contributed by atoms with Crippen LogP contribution in [0.3, 0.4) is 0 Å². The fourth-order valence-corrected chi connectivity index (χ4v) is 3.83. The van der Waals surface area contributed by atoms with Crippen molar-refractivity contribution in [3.8, 4) is 0 Å². The van der Waals surface area contributed by atoms with E-state index in [9.17, 15) is 0 Å². The number of aromatic nitrogens is 1. The van der Waals surface area contributed by atoms with Gasteiger partial charge in [-0.15, -0.1) is 11.3 Å². The third-order valence-electron chi connectivity index (χ3n) is 4.07. The third kappa shape index (κ3) is 4.86. The topological polar surface area (TPSA) is 28.2 Å². The molecule has 1 aromatic heterocycles. The van der Waals surface area contributed by atoms with E-state index in [-0.39, 0.29) is 0 Å². The molecule has 0 bridgehead atoms. The summed E-state index contributed by atoms with van der Waals surface area (Å²) in [6.45, 7) is 7.13. The van der Waals surface area contributed by atoms with E-state index in [1.807, 2.05) is 18.4 Å². The maximum atomic E-state index is 4.61. The Bertz CT molecular complexity index is 356. The minimum absolute atomic E-state index is 0.860. The molecule has 1 N–H and O–H groups in total. The van der Waals surface area contributed by atoms with E-state index in [4.69, 9.17) is 0 Å². The molecule has 1 fully saturated rings. The number of thiazole rings is 1. The summed E-state index contributed by atoms with van der Waals surface area (Å²) in [6.07, 6.45) is 8.38. The van der Waals surface area contributed by atoms with Crippen LogP contribution in [-0.4, -0.2) is 43.1 Å². The van der Waals surface area contributed by atoms with E-state index in [0.717, 1.165) is 12.5 Å². The van der Waals surface area contributed by atoms with Gasteiger partial charge in [-0.1, -0.05) is 6.92 Å². The zero-order valence-corrected chi connectivity index (χ0v) is 13.1. The first-order valence-corrected chi connectivity index (χ1v) is 8.44. The summed E-state index contributed by atoms with van der Waals surface area (Å²) >= 11 is 1.93. The smallest absolute Gasteiger partial charge is 0.0930 e. The number of likely N-dealkylation sites (tertiary alicyclic amines) is 1. The number of rotatable bonds is 7. The van der Waals surface area contributed by atoms with Crippen molar-refractivity contribution >= 4 is 11.3 Å². The Morgan fingerprint density at radius 3 is 2.89 bits per heavy atom. The van der Waals surface area contributed by atoms with Crippen LogP contribution in [-0.2, 0) is 12.8 Å². The van der Waals surface area contributed by atoms with Crippen LogP contribution in [0.1, 0.15) is 36.1 Å². The highest BCUT2D eigenvalue weighted by Crippen LogP contribution is 2.24. The largest absolute Gasteiger partial charge is 0.320 e. The van der Waals surface area contributed by atoms with E-state index in [0.29, 0.717) is 0 Å². The second-order valence-electron chi connectivity index (χ2n) is 5.51. The standard InChI is InChI=1S/C15H27N3S/c1-3-18-9-6-13(7-10-18)11-15-17-12-14(19-15)5-4-8-16-2/h12-13,16H,3-11H2,1-2H3. The minimum atomic E-state index is 0.860. The van der Waals surface area contributed by atoms with Crippen LogP contribution in [0.15, 0.2) is 6.20 Å². The van der Waals surface area contributed by atoms with Crippen molar-refractivity contribution in [1.82, 2.24) is 15.2 Å².